The largest absolute Gasteiger partial charge is 0.478 e. The van der Waals surface area contributed by atoms with Gasteiger partial charge in [-0.3, -0.25) is 9.59 Å². The lowest BCUT2D eigenvalue weighted by atomic mass is 9.92. The average Bonchev–Trinajstić information content (AvgIpc) is 3.50. The van der Waals surface area contributed by atoms with E-state index in [4.69, 9.17) is 25.7 Å². The highest BCUT2D eigenvalue weighted by Crippen LogP contribution is 2.42. The predicted octanol–water partition coefficient (Wildman–Crippen LogP) is -2.56. The minimum absolute atomic E-state index is 0.0163. The SMILES string of the molecule is C=C(N)N[C@H]1C=C(C(=O)OC2(OC(=O)[C@@H](N)C(C)C)CC2)O[C@@H]([C@@H](O)[C@H](O)CO)[C@@H]1NC(C)=O. The number of rotatable bonds is 11. The molecule has 192 valence electrons. The monoisotopic (exact) mass is 486 g/mol. The van der Waals surface area contributed by atoms with Gasteiger partial charge >= 0.3 is 11.9 Å². The zero-order valence-corrected chi connectivity index (χ0v) is 19.4. The molecule has 13 heteroatoms. The lowest BCUT2D eigenvalue weighted by molar-refractivity contribution is -0.199. The van der Waals surface area contributed by atoms with E-state index in [-0.39, 0.29) is 24.6 Å². The van der Waals surface area contributed by atoms with Gasteiger partial charge in [-0.05, 0) is 12.0 Å². The molecule has 9 N–H and O–H groups in total. The van der Waals surface area contributed by atoms with E-state index in [2.05, 4.69) is 17.2 Å². The smallest absolute Gasteiger partial charge is 0.376 e. The molecule has 1 fully saturated rings. The number of nitrogens with two attached hydrogens (primary N) is 2. The predicted molar refractivity (Wildman–Crippen MR) is 117 cm³/mol. The molecule has 6 atom stereocenters. The Morgan fingerprint density at radius 2 is 1.88 bits per heavy atom. The molecule has 34 heavy (non-hydrogen) atoms. The number of carbonyl (C=O) groups is 3. The molecule has 0 radical (unpaired) electrons. The van der Waals surface area contributed by atoms with Crippen molar-refractivity contribution in [3.63, 3.8) is 0 Å². The van der Waals surface area contributed by atoms with Crippen LogP contribution in [0.1, 0.15) is 33.6 Å². The topological polar surface area (TPSA) is 216 Å². The summed E-state index contributed by atoms with van der Waals surface area (Å²) in [5.74, 6) is -4.33. The minimum Gasteiger partial charge on any atom is -0.478 e. The Labute approximate surface area is 197 Å². The van der Waals surface area contributed by atoms with E-state index in [1.165, 1.54) is 13.0 Å². The van der Waals surface area contributed by atoms with Crippen molar-refractivity contribution < 1.29 is 43.9 Å². The van der Waals surface area contributed by atoms with Crippen LogP contribution in [-0.4, -0.2) is 82.0 Å². The number of aliphatic hydroxyl groups excluding tert-OH is 3. The summed E-state index contributed by atoms with van der Waals surface area (Å²) in [4.78, 5) is 36.9. The second-order valence-corrected chi connectivity index (χ2v) is 8.77. The zero-order chi connectivity index (χ0) is 25.8. The standard InChI is InChI=1S/C21H34N4O9/c1-9(2)15(23)20(31)34-21(5-6-21)33-19(30)14-7-12(24-10(3)22)16(25-11(4)27)18(32-14)17(29)13(28)8-26/h7,9,12-13,15-18,24,26,28-29H,3,5-6,8,22-23H2,1-2,4H3,(H,25,27)/t12-,13+,15-,16+,17-,18+/m0/s1. The molecule has 1 aliphatic heterocycles. The van der Waals surface area contributed by atoms with Crippen LogP contribution < -0.4 is 22.1 Å². The van der Waals surface area contributed by atoms with Crippen molar-refractivity contribution in [2.45, 2.75) is 75.8 Å². The Balaban J connectivity index is 2.28. The normalized spacial score (nSPS) is 25.6. The lowest BCUT2D eigenvalue weighted by Gasteiger charge is -2.40. The molecule has 2 aliphatic rings. The number of aliphatic hydroxyl groups is 3. The van der Waals surface area contributed by atoms with E-state index < -0.39 is 72.4 Å². The molecule has 0 spiro atoms. The van der Waals surface area contributed by atoms with Gasteiger partial charge in [-0.15, -0.1) is 0 Å². The van der Waals surface area contributed by atoms with Gasteiger partial charge in [0.15, 0.2) is 0 Å². The van der Waals surface area contributed by atoms with Crippen LogP contribution in [0.4, 0.5) is 0 Å². The summed E-state index contributed by atoms with van der Waals surface area (Å²) >= 11 is 0. The molecular weight excluding hydrogens is 452 g/mol. The highest BCUT2D eigenvalue weighted by molar-refractivity contribution is 5.87. The minimum atomic E-state index is -1.72. The fourth-order valence-corrected chi connectivity index (χ4v) is 3.28. The van der Waals surface area contributed by atoms with E-state index in [9.17, 15) is 29.7 Å². The number of esters is 2. The third kappa shape index (κ3) is 6.82. The molecule has 13 nitrogen and oxygen atoms in total. The summed E-state index contributed by atoms with van der Waals surface area (Å²) in [7, 11) is 0. The Morgan fingerprint density at radius 1 is 1.26 bits per heavy atom. The van der Waals surface area contributed by atoms with Gasteiger partial charge in [0.05, 0.1) is 24.5 Å². The number of carbonyl (C=O) groups excluding carboxylic acids is 3. The zero-order valence-electron chi connectivity index (χ0n) is 19.4. The average molecular weight is 487 g/mol. The maximum absolute atomic E-state index is 12.9. The van der Waals surface area contributed by atoms with E-state index in [1.807, 2.05) is 0 Å². The summed E-state index contributed by atoms with van der Waals surface area (Å²) in [6, 6.07) is -2.85. The van der Waals surface area contributed by atoms with Crippen molar-refractivity contribution >= 4 is 17.8 Å². The third-order valence-corrected chi connectivity index (χ3v) is 5.39. The number of ether oxygens (including phenoxy) is 3. The number of hydrogen-bond donors (Lipinski definition) is 7. The molecule has 1 saturated carbocycles. The second-order valence-electron chi connectivity index (χ2n) is 8.77. The number of nitrogens with one attached hydrogen (secondary N) is 2. The van der Waals surface area contributed by atoms with E-state index in [0.717, 1.165) is 0 Å². The summed E-state index contributed by atoms with van der Waals surface area (Å²) in [6.07, 6.45) is -2.99. The first kappa shape index (κ1) is 27.4. The Bertz CT molecular complexity index is 827. The maximum Gasteiger partial charge on any atom is 0.376 e. The quantitative estimate of drug-likeness (QED) is 0.118. The van der Waals surface area contributed by atoms with Gasteiger partial charge in [0.2, 0.25) is 11.7 Å². The van der Waals surface area contributed by atoms with Crippen LogP contribution in [0.3, 0.4) is 0 Å². The van der Waals surface area contributed by atoms with Crippen LogP contribution in [0.2, 0.25) is 0 Å². The summed E-state index contributed by atoms with van der Waals surface area (Å²) < 4.78 is 16.3. The molecule has 1 aliphatic carbocycles. The molecule has 0 aromatic rings. The molecule has 0 aromatic carbocycles. The van der Waals surface area contributed by atoms with Gasteiger partial charge in [0, 0.05) is 19.8 Å². The Kier molecular flexibility index (Phi) is 8.89. The van der Waals surface area contributed by atoms with Crippen molar-refractivity contribution in [1.29, 1.82) is 0 Å². The first-order valence-corrected chi connectivity index (χ1v) is 10.9. The fourth-order valence-electron chi connectivity index (χ4n) is 3.28. The van der Waals surface area contributed by atoms with Gasteiger partial charge < -0.3 is 51.6 Å². The van der Waals surface area contributed by atoms with Crippen molar-refractivity contribution in [3.05, 3.63) is 24.2 Å². The van der Waals surface area contributed by atoms with Crippen molar-refractivity contribution in [2.75, 3.05) is 6.61 Å². The molecule has 1 heterocycles. The highest BCUT2D eigenvalue weighted by Gasteiger charge is 2.53. The van der Waals surface area contributed by atoms with Crippen molar-refractivity contribution in [1.82, 2.24) is 10.6 Å². The lowest BCUT2D eigenvalue weighted by Crippen LogP contribution is -2.63. The van der Waals surface area contributed by atoms with Crippen LogP contribution in [0.15, 0.2) is 24.2 Å². The molecule has 2 rings (SSSR count). The van der Waals surface area contributed by atoms with Crippen LogP contribution in [0, 0.1) is 5.92 Å². The molecule has 0 unspecified atom stereocenters. The van der Waals surface area contributed by atoms with Gasteiger partial charge in [-0.2, -0.15) is 0 Å². The van der Waals surface area contributed by atoms with Crippen LogP contribution in [-0.2, 0) is 28.6 Å². The first-order chi connectivity index (χ1) is 15.8. The van der Waals surface area contributed by atoms with Crippen LogP contribution in [0.5, 0.6) is 0 Å². The van der Waals surface area contributed by atoms with Crippen molar-refractivity contribution in [2.24, 2.45) is 17.4 Å². The second kappa shape index (κ2) is 11.0. The summed E-state index contributed by atoms with van der Waals surface area (Å²) in [5.41, 5.74) is 11.4. The molecule has 0 saturated heterocycles. The molecule has 0 aromatic heterocycles. The van der Waals surface area contributed by atoms with Gasteiger partial charge in [-0.1, -0.05) is 20.4 Å². The Morgan fingerprint density at radius 3 is 2.35 bits per heavy atom. The van der Waals surface area contributed by atoms with E-state index >= 15 is 0 Å². The van der Waals surface area contributed by atoms with Crippen molar-refractivity contribution in [3.8, 4) is 0 Å². The van der Waals surface area contributed by atoms with Gasteiger partial charge in [-0.25, -0.2) is 4.79 Å². The van der Waals surface area contributed by atoms with E-state index in [0.29, 0.717) is 0 Å². The number of amides is 1. The molecular formula is C21H34N4O9. The first-order valence-electron chi connectivity index (χ1n) is 10.9. The van der Waals surface area contributed by atoms with Gasteiger partial charge in [0.25, 0.3) is 5.79 Å². The highest BCUT2D eigenvalue weighted by atomic mass is 16.7. The van der Waals surface area contributed by atoms with Crippen LogP contribution in [0.25, 0.3) is 0 Å². The Hall–Kier alpha value is -2.87. The molecule has 1 amide bonds. The fraction of sp³-hybridized carbons (Fsp3) is 0.667. The van der Waals surface area contributed by atoms with Crippen LogP contribution >= 0.6 is 0 Å². The maximum atomic E-state index is 12.9. The summed E-state index contributed by atoms with van der Waals surface area (Å²) in [6.45, 7) is 7.43. The van der Waals surface area contributed by atoms with Gasteiger partial charge in [0.1, 0.15) is 24.4 Å². The molecule has 0 bridgehead atoms. The van der Waals surface area contributed by atoms with E-state index in [1.54, 1.807) is 13.8 Å². The summed E-state index contributed by atoms with van der Waals surface area (Å²) in [5, 5.41) is 35.0. The number of hydrogen-bond acceptors (Lipinski definition) is 12. The third-order valence-electron chi connectivity index (χ3n) is 5.39.